The van der Waals surface area contributed by atoms with Gasteiger partial charge in [-0.05, 0) is 19.1 Å². The number of nitrogen functional groups attached to an aromatic ring is 1. The number of ether oxygens (including phenoxy) is 1. The summed E-state index contributed by atoms with van der Waals surface area (Å²) in [5.41, 5.74) is 5.60. The molecule has 1 heterocycles. The second kappa shape index (κ2) is 8.22. The molecule has 1 aromatic carbocycles. The number of carbonyl (C=O) groups excluding carboxylic acids is 1. The van der Waals surface area contributed by atoms with Crippen LogP contribution in [-0.2, 0) is 19.6 Å². The van der Waals surface area contributed by atoms with Crippen LogP contribution < -0.4 is 15.4 Å². The van der Waals surface area contributed by atoms with Gasteiger partial charge < -0.3 is 15.4 Å². The number of nitrogens with one attached hydrogen (secondary N) is 1. The Hall–Kier alpha value is -2.86. The van der Waals surface area contributed by atoms with Crippen molar-refractivity contribution in [3.05, 3.63) is 35.9 Å². The highest BCUT2D eigenvalue weighted by atomic mass is 32.2. The molecule has 0 bridgehead atoms. The van der Waals surface area contributed by atoms with Crippen LogP contribution >= 0.6 is 0 Å². The second-order valence-electron chi connectivity index (χ2n) is 5.63. The minimum atomic E-state index is -4.20. The molecule has 146 valence electrons. The Morgan fingerprint density at radius 2 is 1.96 bits per heavy atom. The van der Waals surface area contributed by atoms with Crippen LogP contribution in [0.4, 0.5) is 16.3 Å². The molecule has 1 aromatic heterocycles. The molecule has 0 aliphatic heterocycles. The number of nitrogens with two attached hydrogens (primary N) is 1. The molecule has 2 rings (SSSR count). The molecule has 1 unspecified atom stereocenters. The van der Waals surface area contributed by atoms with Gasteiger partial charge in [-0.1, -0.05) is 12.1 Å². The van der Waals surface area contributed by atoms with E-state index in [2.05, 4.69) is 15.0 Å². The fourth-order valence-electron chi connectivity index (χ4n) is 1.96. The molecular formula is C15H19FN6O4S. The Balaban J connectivity index is 2.03. The Bertz CT molecular complexity index is 938. The topological polar surface area (TPSA) is 140 Å². The van der Waals surface area contributed by atoms with Crippen LogP contribution in [0.25, 0.3) is 0 Å². The molecule has 27 heavy (non-hydrogen) atoms. The van der Waals surface area contributed by atoms with Crippen molar-refractivity contribution in [2.75, 3.05) is 31.3 Å². The molecule has 10 nitrogen and oxygen atoms in total. The van der Waals surface area contributed by atoms with Crippen molar-refractivity contribution in [3.8, 4) is 0 Å². The summed E-state index contributed by atoms with van der Waals surface area (Å²) in [6.45, 7) is 0.805. The smallest absolute Gasteiger partial charge is 0.321 e. The average molecular weight is 398 g/mol. The van der Waals surface area contributed by atoms with Gasteiger partial charge in [0.1, 0.15) is 17.3 Å². The molecule has 0 radical (unpaired) electrons. The van der Waals surface area contributed by atoms with Gasteiger partial charge in [-0.3, -0.25) is 4.79 Å². The third-order valence-corrected chi connectivity index (χ3v) is 4.70. The molecule has 0 fully saturated rings. The maximum atomic E-state index is 13.6. The van der Waals surface area contributed by atoms with Crippen molar-refractivity contribution in [1.29, 1.82) is 0 Å². The number of rotatable bonds is 7. The monoisotopic (exact) mass is 398 g/mol. The van der Waals surface area contributed by atoms with Gasteiger partial charge in [0.2, 0.25) is 21.9 Å². The van der Waals surface area contributed by atoms with Gasteiger partial charge in [-0.15, -0.1) is 0 Å². The van der Waals surface area contributed by atoms with Crippen molar-refractivity contribution >= 4 is 27.9 Å². The van der Waals surface area contributed by atoms with Crippen LogP contribution in [-0.4, -0.2) is 50.0 Å². The van der Waals surface area contributed by atoms with Crippen LogP contribution in [0.5, 0.6) is 0 Å². The minimum absolute atomic E-state index is 0.0492. The normalized spacial score (nSPS) is 12.4. The maximum Gasteiger partial charge on any atom is 0.321 e. The molecule has 0 saturated carbocycles. The number of hydrogen-bond donors (Lipinski definition) is 2. The highest BCUT2D eigenvalue weighted by Gasteiger charge is 2.22. The number of nitrogens with zero attached hydrogens (tertiary/aromatic N) is 4. The van der Waals surface area contributed by atoms with E-state index in [4.69, 9.17) is 10.5 Å². The number of esters is 1. The lowest BCUT2D eigenvalue weighted by molar-refractivity contribution is -0.147. The van der Waals surface area contributed by atoms with Crippen molar-refractivity contribution in [1.82, 2.24) is 19.7 Å². The molecular weight excluding hydrogens is 379 g/mol. The maximum absolute atomic E-state index is 13.6. The Kier molecular flexibility index (Phi) is 6.23. The molecule has 0 aliphatic carbocycles. The minimum Gasteiger partial charge on any atom is -0.453 e. The fourth-order valence-corrected chi connectivity index (χ4v) is 3.01. The van der Waals surface area contributed by atoms with E-state index in [9.17, 15) is 17.6 Å². The summed E-state index contributed by atoms with van der Waals surface area (Å²) in [7, 11) is -0.803. The number of carbonyl (C=O) groups is 1. The van der Waals surface area contributed by atoms with E-state index in [1.54, 1.807) is 19.0 Å². The zero-order valence-electron chi connectivity index (χ0n) is 14.9. The van der Waals surface area contributed by atoms with Crippen LogP contribution in [0, 0.1) is 5.82 Å². The predicted octanol–water partition coefficient (Wildman–Crippen LogP) is 0.242. The molecule has 12 heteroatoms. The van der Waals surface area contributed by atoms with Crippen molar-refractivity contribution in [3.63, 3.8) is 0 Å². The van der Waals surface area contributed by atoms with Crippen molar-refractivity contribution < 1.29 is 22.3 Å². The summed E-state index contributed by atoms with van der Waals surface area (Å²) in [6.07, 6.45) is -0.903. The summed E-state index contributed by atoms with van der Waals surface area (Å²) < 4.78 is 44.8. The van der Waals surface area contributed by atoms with Crippen molar-refractivity contribution in [2.24, 2.45) is 0 Å². The van der Waals surface area contributed by atoms with Gasteiger partial charge in [0.25, 0.3) is 0 Å². The van der Waals surface area contributed by atoms with E-state index >= 15 is 0 Å². The zero-order valence-corrected chi connectivity index (χ0v) is 15.7. The lowest BCUT2D eigenvalue weighted by Crippen LogP contribution is -2.32. The Labute approximate surface area is 155 Å². The van der Waals surface area contributed by atoms with E-state index in [1.165, 1.54) is 19.1 Å². The predicted molar refractivity (Wildman–Crippen MR) is 94.7 cm³/mol. The van der Waals surface area contributed by atoms with E-state index in [-0.39, 0.29) is 17.7 Å². The SMILES string of the molecule is CC(OC(=O)CNS(=O)(=O)c1ccccc1F)c1nc(N)nc(N(C)C)n1. The van der Waals surface area contributed by atoms with Gasteiger partial charge in [0.05, 0.1) is 0 Å². The molecule has 1 atom stereocenters. The Morgan fingerprint density at radius 1 is 1.30 bits per heavy atom. The second-order valence-corrected chi connectivity index (χ2v) is 7.37. The molecule has 3 N–H and O–H groups in total. The van der Waals surface area contributed by atoms with Gasteiger partial charge in [-0.2, -0.15) is 19.7 Å². The zero-order chi connectivity index (χ0) is 20.2. The summed E-state index contributed by atoms with van der Waals surface area (Å²) in [5, 5.41) is 0. The van der Waals surface area contributed by atoms with Crippen LogP contribution in [0.2, 0.25) is 0 Å². The number of hydrogen-bond acceptors (Lipinski definition) is 9. The summed E-state index contributed by atoms with van der Waals surface area (Å²) in [6, 6.07) is 4.81. The summed E-state index contributed by atoms with van der Waals surface area (Å²) in [4.78, 5) is 24.9. The first-order valence-electron chi connectivity index (χ1n) is 7.72. The number of sulfonamides is 1. The summed E-state index contributed by atoms with van der Waals surface area (Å²) >= 11 is 0. The third kappa shape index (κ3) is 5.31. The molecule has 0 amide bonds. The first kappa shape index (κ1) is 20.5. The van der Waals surface area contributed by atoms with Crippen LogP contribution in [0.1, 0.15) is 18.9 Å². The van der Waals surface area contributed by atoms with E-state index < -0.39 is 39.4 Å². The summed E-state index contributed by atoms with van der Waals surface area (Å²) in [5.74, 6) is -1.49. The average Bonchev–Trinajstić information content (AvgIpc) is 2.59. The number of halogens is 1. The third-order valence-electron chi connectivity index (χ3n) is 3.26. The lowest BCUT2D eigenvalue weighted by atomic mass is 10.4. The van der Waals surface area contributed by atoms with E-state index in [0.29, 0.717) is 0 Å². The first-order valence-corrected chi connectivity index (χ1v) is 9.21. The first-order chi connectivity index (χ1) is 12.6. The van der Waals surface area contributed by atoms with Crippen LogP contribution in [0.3, 0.4) is 0 Å². The largest absolute Gasteiger partial charge is 0.453 e. The Morgan fingerprint density at radius 3 is 2.59 bits per heavy atom. The quantitative estimate of drug-likeness (QED) is 0.628. The highest BCUT2D eigenvalue weighted by molar-refractivity contribution is 7.89. The number of benzene rings is 1. The molecule has 0 aliphatic rings. The van der Waals surface area contributed by atoms with Gasteiger partial charge in [-0.25, -0.2) is 12.8 Å². The standard InChI is InChI=1S/C15H19FN6O4S/c1-9(13-19-14(17)21-15(20-13)22(2)3)26-12(23)8-18-27(24,25)11-7-5-4-6-10(11)16/h4-7,9,18H,8H2,1-3H3,(H2,17,19,20,21). The highest BCUT2D eigenvalue weighted by Crippen LogP contribution is 2.16. The van der Waals surface area contributed by atoms with Crippen LogP contribution in [0.15, 0.2) is 29.2 Å². The van der Waals surface area contributed by atoms with Gasteiger partial charge in [0.15, 0.2) is 11.9 Å². The molecule has 0 saturated heterocycles. The van der Waals surface area contributed by atoms with E-state index in [1.807, 2.05) is 4.72 Å². The van der Waals surface area contributed by atoms with Gasteiger partial charge >= 0.3 is 5.97 Å². The van der Waals surface area contributed by atoms with Crippen molar-refractivity contribution in [2.45, 2.75) is 17.9 Å². The fraction of sp³-hybridized carbons (Fsp3) is 0.333. The van der Waals surface area contributed by atoms with E-state index in [0.717, 1.165) is 12.1 Å². The molecule has 0 spiro atoms. The lowest BCUT2D eigenvalue weighted by Gasteiger charge is -2.15. The number of anilines is 2. The number of aromatic nitrogens is 3. The van der Waals surface area contributed by atoms with Gasteiger partial charge in [0, 0.05) is 14.1 Å². The molecule has 2 aromatic rings.